The molecule has 0 spiro atoms. The maximum Gasteiger partial charge on any atom is 0.267 e. The number of fused-ring (bicyclic) bond motifs is 1. The fourth-order valence-corrected chi connectivity index (χ4v) is 2.55. The number of rotatable bonds is 1. The summed E-state index contributed by atoms with van der Waals surface area (Å²) in [4.78, 5) is 14.2. The minimum Gasteiger partial charge on any atom is -0.485 e. The number of benzene rings is 1. The smallest absolute Gasteiger partial charge is 0.267 e. The molecule has 1 atom stereocenters. The minimum absolute atomic E-state index is 0.0602. The van der Waals surface area contributed by atoms with Gasteiger partial charge in [-0.05, 0) is 31.9 Å². The number of hydrogen-bond donors (Lipinski definition) is 1. The third-order valence-corrected chi connectivity index (χ3v) is 3.94. The lowest BCUT2D eigenvalue weighted by molar-refractivity contribution is -0.144. The number of nitrogens with zero attached hydrogens (tertiary/aromatic N) is 1. The highest BCUT2D eigenvalue weighted by molar-refractivity contribution is 5.82. The van der Waals surface area contributed by atoms with Gasteiger partial charge in [-0.2, -0.15) is 0 Å². The minimum atomic E-state index is -0.659. The largest absolute Gasteiger partial charge is 0.485 e. The van der Waals surface area contributed by atoms with Crippen molar-refractivity contribution in [1.82, 2.24) is 4.90 Å². The summed E-state index contributed by atoms with van der Waals surface area (Å²) in [6.45, 7) is 3.18. The van der Waals surface area contributed by atoms with E-state index in [-0.39, 0.29) is 12.5 Å². The van der Waals surface area contributed by atoms with Crippen LogP contribution in [-0.4, -0.2) is 47.3 Å². The summed E-state index contributed by atoms with van der Waals surface area (Å²) >= 11 is 0. The number of carbonyl (C=O) groups excluding carboxylic acids is 1. The number of aliphatic hydroxyl groups is 1. The fraction of sp³-hybridized carbons (Fsp3) is 0.533. The van der Waals surface area contributed by atoms with Crippen LogP contribution in [0.15, 0.2) is 24.3 Å². The van der Waals surface area contributed by atoms with Crippen molar-refractivity contribution in [3.63, 3.8) is 0 Å². The third-order valence-electron chi connectivity index (χ3n) is 3.94. The summed E-state index contributed by atoms with van der Waals surface area (Å²) in [5.74, 6) is 1.23. The van der Waals surface area contributed by atoms with E-state index in [1.54, 1.807) is 11.0 Å². The number of para-hydroxylation sites is 2. The van der Waals surface area contributed by atoms with Crippen LogP contribution >= 0.6 is 0 Å². The molecule has 0 aromatic heterocycles. The number of carbonyl (C=O) groups is 1. The Balaban J connectivity index is 1.65. The Morgan fingerprint density at radius 2 is 1.95 bits per heavy atom. The molecule has 2 heterocycles. The molecule has 1 amide bonds. The van der Waals surface area contributed by atoms with Crippen LogP contribution in [0, 0.1) is 0 Å². The number of ether oxygens (including phenoxy) is 2. The molecule has 2 aliphatic heterocycles. The molecule has 5 nitrogen and oxygen atoms in total. The average molecular weight is 277 g/mol. The second-order valence-electron chi connectivity index (χ2n) is 5.69. The van der Waals surface area contributed by atoms with Crippen LogP contribution in [0.3, 0.4) is 0 Å². The molecule has 1 aromatic carbocycles. The highest BCUT2D eigenvalue weighted by Gasteiger charge is 2.35. The second-order valence-corrected chi connectivity index (χ2v) is 5.69. The Morgan fingerprint density at radius 3 is 2.65 bits per heavy atom. The summed E-state index contributed by atoms with van der Waals surface area (Å²) < 4.78 is 11.3. The van der Waals surface area contributed by atoms with Gasteiger partial charge in [0.15, 0.2) is 11.5 Å². The standard InChI is InChI=1S/C15H19NO4/c1-15(18)6-8-16(9-7-15)14(17)13-10-19-11-4-2-3-5-12(11)20-13/h2-5,13,18H,6-10H2,1H3. The summed E-state index contributed by atoms with van der Waals surface area (Å²) in [7, 11) is 0. The van der Waals surface area contributed by atoms with Crippen molar-refractivity contribution < 1.29 is 19.4 Å². The van der Waals surface area contributed by atoms with Gasteiger partial charge in [-0.1, -0.05) is 12.1 Å². The van der Waals surface area contributed by atoms with Crippen molar-refractivity contribution in [1.29, 1.82) is 0 Å². The van der Waals surface area contributed by atoms with Gasteiger partial charge in [-0.25, -0.2) is 0 Å². The maximum absolute atomic E-state index is 12.4. The first-order valence-electron chi connectivity index (χ1n) is 6.95. The molecule has 1 saturated heterocycles. The molecule has 0 aliphatic carbocycles. The van der Waals surface area contributed by atoms with Crippen LogP contribution in [0.4, 0.5) is 0 Å². The summed E-state index contributed by atoms with van der Waals surface area (Å²) in [6.07, 6.45) is 0.610. The zero-order valence-electron chi connectivity index (χ0n) is 11.5. The van der Waals surface area contributed by atoms with E-state index in [0.717, 1.165) is 0 Å². The van der Waals surface area contributed by atoms with Gasteiger partial charge in [-0.3, -0.25) is 4.79 Å². The molecule has 2 aliphatic rings. The SMILES string of the molecule is CC1(O)CCN(C(=O)C2COc3ccccc3O2)CC1. The van der Waals surface area contributed by atoms with Crippen molar-refractivity contribution in [2.24, 2.45) is 0 Å². The first-order valence-corrected chi connectivity index (χ1v) is 6.95. The lowest BCUT2D eigenvalue weighted by atomic mass is 9.93. The molecular weight excluding hydrogens is 258 g/mol. The third kappa shape index (κ3) is 2.58. The lowest BCUT2D eigenvalue weighted by Gasteiger charge is -2.38. The molecule has 0 bridgehead atoms. The predicted molar refractivity (Wildman–Crippen MR) is 72.8 cm³/mol. The average Bonchev–Trinajstić information content (AvgIpc) is 2.46. The monoisotopic (exact) mass is 277 g/mol. The zero-order valence-corrected chi connectivity index (χ0v) is 11.5. The summed E-state index contributed by atoms with van der Waals surface area (Å²) in [5, 5.41) is 9.92. The highest BCUT2D eigenvalue weighted by atomic mass is 16.6. The molecule has 3 rings (SSSR count). The molecular formula is C15H19NO4. The van der Waals surface area contributed by atoms with E-state index in [4.69, 9.17) is 9.47 Å². The van der Waals surface area contributed by atoms with Crippen LogP contribution in [0.1, 0.15) is 19.8 Å². The van der Waals surface area contributed by atoms with Crippen molar-refractivity contribution >= 4 is 5.91 Å². The first-order chi connectivity index (χ1) is 9.55. The maximum atomic E-state index is 12.4. The molecule has 108 valence electrons. The van der Waals surface area contributed by atoms with E-state index in [2.05, 4.69) is 0 Å². The molecule has 5 heteroatoms. The Labute approximate surface area is 118 Å². The molecule has 0 saturated carbocycles. The molecule has 1 N–H and O–H groups in total. The molecule has 20 heavy (non-hydrogen) atoms. The summed E-state index contributed by atoms with van der Waals surface area (Å²) in [5.41, 5.74) is -0.659. The van der Waals surface area contributed by atoms with E-state index in [1.165, 1.54) is 0 Å². The van der Waals surface area contributed by atoms with Gasteiger partial charge >= 0.3 is 0 Å². The fourth-order valence-electron chi connectivity index (χ4n) is 2.55. The van der Waals surface area contributed by atoms with E-state index >= 15 is 0 Å². The normalized spacial score (nSPS) is 24.3. The van der Waals surface area contributed by atoms with Crippen molar-refractivity contribution in [3.05, 3.63) is 24.3 Å². The zero-order chi connectivity index (χ0) is 14.2. The van der Waals surface area contributed by atoms with Crippen LogP contribution in [0.2, 0.25) is 0 Å². The van der Waals surface area contributed by atoms with E-state index in [9.17, 15) is 9.90 Å². The molecule has 1 unspecified atom stereocenters. The number of hydrogen-bond acceptors (Lipinski definition) is 4. The van der Waals surface area contributed by atoms with Crippen LogP contribution in [0.25, 0.3) is 0 Å². The van der Waals surface area contributed by atoms with Gasteiger partial charge in [0.05, 0.1) is 5.60 Å². The molecule has 1 fully saturated rings. The highest BCUT2D eigenvalue weighted by Crippen LogP contribution is 2.31. The van der Waals surface area contributed by atoms with Crippen LogP contribution in [-0.2, 0) is 4.79 Å². The quantitative estimate of drug-likeness (QED) is 0.838. The van der Waals surface area contributed by atoms with Crippen LogP contribution < -0.4 is 9.47 Å². The lowest BCUT2D eigenvalue weighted by Crippen LogP contribution is -2.51. The number of piperidine rings is 1. The van der Waals surface area contributed by atoms with Gasteiger partial charge in [0.1, 0.15) is 6.61 Å². The van der Waals surface area contributed by atoms with Gasteiger partial charge in [0.2, 0.25) is 6.10 Å². The first kappa shape index (κ1) is 13.2. The molecule has 0 radical (unpaired) electrons. The Hall–Kier alpha value is -1.75. The van der Waals surface area contributed by atoms with Gasteiger partial charge < -0.3 is 19.5 Å². The van der Waals surface area contributed by atoms with E-state index in [0.29, 0.717) is 37.4 Å². The summed E-state index contributed by atoms with van der Waals surface area (Å²) in [6, 6.07) is 7.36. The number of amides is 1. The Kier molecular flexibility index (Phi) is 3.30. The van der Waals surface area contributed by atoms with Crippen LogP contribution in [0.5, 0.6) is 11.5 Å². The van der Waals surface area contributed by atoms with Crippen molar-refractivity contribution in [3.8, 4) is 11.5 Å². The van der Waals surface area contributed by atoms with E-state index in [1.807, 2.05) is 25.1 Å². The second kappa shape index (κ2) is 4.98. The Morgan fingerprint density at radius 1 is 1.30 bits per heavy atom. The van der Waals surface area contributed by atoms with Gasteiger partial charge in [0, 0.05) is 13.1 Å². The van der Waals surface area contributed by atoms with Crippen molar-refractivity contribution in [2.75, 3.05) is 19.7 Å². The van der Waals surface area contributed by atoms with E-state index < -0.39 is 11.7 Å². The predicted octanol–water partition coefficient (Wildman–Crippen LogP) is 1.20. The number of likely N-dealkylation sites (tertiary alicyclic amines) is 1. The van der Waals surface area contributed by atoms with Crippen molar-refractivity contribution in [2.45, 2.75) is 31.5 Å². The van der Waals surface area contributed by atoms with Gasteiger partial charge in [-0.15, -0.1) is 0 Å². The Bertz CT molecular complexity index is 504. The van der Waals surface area contributed by atoms with Gasteiger partial charge in [0.25, 0.3) is 5.91 Å². The topological polar surface area (TPSA) is 59.0 Å². The molecule has 1 aromatic rings.